The van der Waals surface area contributed by atoms with Crippen LogP contribution in [0.3, 0.4) is 0 Å². The first-order valence-corrected chi connectivity index (χ1v) is 7.91. The van der Waals surface area contributed by atoms with Crippen LogP contribution < -0.4 is 0 Å². The molecule has 0 aliphatic carbocycles. The fraction of sp³-hybridized carbons (Fsp3) is 0. The molecule has 0 bridgehead atoms. The Bertz CT molecular complexity index is 942. The Hall–Kier alpha value is -2.39. The van der Waals surface area contributed by atoms with Gasteiger partial charge in [-0.05, 0) is 51.3 Å². The molecule has 3 heteroatoms. The highest BCUT2D eigenvalue weighted by Crippen LogP contribution is 2.28. The van der Waals surface area contributed by atoms with Crippen molar-refractivity contribution in [3.8, 4) is 16.8 Å². The topological polar surface area (TPSA) is 17.8 Å². The number of para-hydroxylation sites is 2. The van der Waals surface area contributed by atoms with Crippen LogP contribution >= 0.6 is 15.9 Å². The minimum atomic E-state index is 0.818. The summed E-state index contributed by atoms with van der Waals surface area (Å²) in [6.45, 7) is 0. The lowest BCUT2D eigenvalue weighted by atomic mass is 10.1. The average Bonchev–Trinajstić information content (AvgIpc) is 2.91. The number of aromatic nitrogens is 2. The van der Waals surface area contributed by atoms with Gasteiger partial charge in [-0.2, -0.15) is 0 Å². The Morgan fingerprint density at radius 2 is 1.45 bits per heavy atom. The third-order valence-corrected chi connectivity index (χ3v) is 4.26. The SMILES string of the molecule is Brc1nc2ccccc2n1-c1cccc(-c2ccccc2)c1. The first-order valence-electron chi connectivity index (χ1n) is 7.12. The summed E-state index contributed by atoms with van der Waals surface area (Å²) in [5.74, 6) is 0. The van der Waals surface area contributed by atoms with E-state index in [0.29, 0.717) is 0 Å². The fourth-order valence-corrected chi connectivity index (χ4v) is 3.28. The lowest BCUT2D eigenvalue weighted by Crippen LogP contribution is -1.94. The number of imidazole rings is 1. The molecule has 3 aromatic carbocycles. The lowest BCUT2D eigenvalue weighted by molar-refractivity contribution is 1.05. The van der Waals surface area contributed by atoms with Gasteiger partial charge in [0.1, 0.15) is 0 Å². The second-order valence-corrected chi connectivity index (χ2v) is 5.83. The van der Waals surface area contributed by atoms with E-state index in [0.717, 1.165) is 21.5 Å². The van der Waals surface area contributed by atoms with E-state index in [1.807, 2.05) is 24.3 Å². The van der Waals surface area contributed by atoms with E-state index < -0.39 is 0 Å². The molecule has 0 aliphatic rings. The maximum absolute atomic E-state index is 4.57. The molecule has 0 N–H and O–H groups in total. The molecule has 0 amide bonds. The van der Waals surface area contributed by atoms with Crippen LogP contribution in [0.5, 0.6) is 0 Å². The van der Waals surface area contributed by atoms with Gasteiger partial charge in [0.15, 0.2) is 4.73 Å². The quantitative estimate of drug-likeness (QED) is 0.470. The van der Waals surface area contributed by atoms with Gasteiger partial charge >= 0.3 is 0 Å². The normalized spacial score (nSPS) is 11.0. The van der Waals surface area contributed by atoms with E-state index in [-0.39, 0.29) is 0 Å². The molecule has 0 saturated carbocycles. The van der Waals surface area contributed by atoms with Crippen LogP contribution in [0.25, 0.3) is 27.8 Å². The zero-order chi connectivity index (χ0) is 14.9. The molecule has 0 radical (unpaired) electrons. The summed E-state index contributed by atoms with van der Waals surface area (Å²) in [4.78, 5) is 4.57. The summed E-state index contributed by atoms with van der Waals surface area (Å²) in [6, 6.07) is 27.1. The van der Waals surface area contributed by atoms with E-state index in [9.17, 15) is 0 Å². The molecule has 1 aromatic heterocycles. The van der Waals surface area contributed by atoms with Crippen LogP contribution in [0.4, 0.5) is 0 Å². The van der Waals surface area contributed by atoms with Crippen LogP contribution in [-0.2, 0) is 0 Å². The van der Waals surface area contributed by atoms with Gasteiger partial charge in [-0.1, -0.05) is 54.6 Å². The van der Waals surface area contributed by atoms with E-state index in [1.54, 1.807) is 0 Å². The second-order valence-electron chi connectivity index (χ2n) is 5.12. The number of rotatable bonds is 2. The zero-order valence-electron chi connectivity index (χ0n) is 11.8. The average molecular weight is 349 g/mol. The Morgan fingerprint density at radius 1 is 0.727 bits per heavy atom. The summed E-state index contributed by atoms with van der Waals surface area (Å²) in [5.41, 5.74) is 5.59. The van der Waals surface area contributed by atoms with Crippen molar-refractivity contribution >= 4 is 27.0 Å². The second kappa shape index (κ2) is 5.43. The highest BCUT2D eigenvalue weighted by molar-refractivity contribution is 9.10. The molecule has 4 aromatic rings. The molecule has 4 rings (SSSR count). The highest BCUT2D eigenvalue weighted by Gasteiger charge is 2.10. The third kappa shape index (κ3) is 2.24. The maximum Gasteiger partial charge on any atom is 0.182 e. The fourth-order valence-electron chi connectivity index (χ4n) is 2.70. The van der Waals surface area contributed by atoms with E-state index in [1.165, 1.54) is 11.1 Å². The van der Waals surface area contributed by atoms with E-state index >= 15 is 0 Å². The van der Waals surface area contributed by atoms with Gasteiger partial charge in [-0.15, -0.1) is 0 Å². The molecule has 1 heterocycles. The molecule has 0 atom stereocenters. The lowest BCUT2D eigenvalue weighted by Gasteiger charge is -2.09. The predicted molar refractivity (Wildman–Crippen MR) is 94.2 cm³/mol. The zero-order valence-corrected chi connectivity index (χ0v) is 13.4. The summed E-state index contributed by atoms with van der Waals surface area (Å²) in [6.07, 6.45) is 0. The number of nitrogens with zero attached hydrogens (tertiary/aromatic N) is 2. The number of halogens is 1. The molecule has 0 unspecified atom stereocenters. The van der Waals surface area contributed by atoms with Crippen molar-refractivity contribution in [2.45, 2.75) is 0 Å². The largest absolute Gasteiger partial charge is 0.287 e. The summed E-state index contributed by atoms with van der Waals surface area (Å²) >= 11 is 3.58. The van der Waals surface area contributed by atoms with Crippen molar-refractivity contribution in [1.82, 2.24) is 9.55 Å². The number of hydrogen-bond acceptors (Lipinski definition) is 1. The molecule has 0 spiro atoms. The van der Waals surface area contributed by atoms with Gasteiger partial charge in [0.2, 0.25) is 0 Å². The van der Waals surface area contributed by atoms with Gasteiger partial charge in [0.05, 0.1) is 11.0 Å². The predicted octanol–water partition coefficient (Wildman–Crippen LogP) is 5.46. The number of hydrogen-bond donors (Lipinski definition) is 0. The smallest absolute Gasteiger partial charge is 0.182 e. The Morgan fingerprint density at radius 3 is 2.32 bits per heavy atom. The van der Waals surface area contributed by atoms with Crippen molar-refractivity contribution in [2.24, 2.45) is 0 Å². The molecular weight excluding hydrogens is 336 g/mol. The number of fused-ring (bicyclic) bond motifs is 1. The monoisotopic (exact) mass is 348 g/mol. The number of benzene rings is 3. The Kier molecular flexibility index (Phi) is 3.28. The standard InChI is InChI=1S/C19H13BrN2/c20-19-21-17-11-4-5-12-18(17)22(19)16-10-6-9-15(13-16)14-7-2-1-3-8-14/h1-13H. The molecule has 0 fully saturated rings. The van der Waals surface area contributed by atoms with Crippen LogP contribution in [0.15, 0.2) is 83.6 Å². The Balaban J connectivity index is 1.91. The maximum atomic E-state index is 4.57. The summed E-state index contributed by atoms with van der Waals surface area (Å²) in [5, 5.41) is 0. The minimum absolute atomic E-state index is 0.818. The molecule has 106 valence electrons. The molecule has 0 aliphatic heterocycles. The summed E-state index contributed by atoms with van der Waals surface area (Å²) < 4.78 is 2.95. The van der Waals surface area contributed by atoms with Gasteiger partial charge in [0, 0.05) is 5.69 Å². The van der Waals surface area contributed by atoms with Crippen molar-refractivity contribution in [1.29, 1.82) is 0 Å². The first kappa shape index (κ1) is 13.3. The van der Waals surface area contributed by atoms with Crippen molar-refractivity contribution in [3.05, 3.63) is 83.6 Å². The van der Waals surface area contributed by atoms with Gasteiger partial charge in [0.25, 0.3) is 0 Å². The van der Waals surface area contributed by atoms with Crippen LogP contribution in [0.1, 0.15) is 0 Å². The van der Waals surface area contributed by atoms with Crippen LogP contribution in [0, 0.1) is 0 Å². The molecule has 2 nitrogen and oxygen atoms in total. The molecule has 22 heavy (non-hydrogen) atoms. The Labute approximate surface area is 137 Å². The first-order chi connectivity index (χ1) is 10.8. The minimum Gasteiger partial charge on any atom is -0.287 e. The van der Waals surface area contributed by atoms with Crippen molar-refractivity contribution < 1.29 is 0 Å². The van der Waals surface area contributed by atoms with Gasteiger partial charge in [-0.3, -0.25) is 4.57 Å². The third-order valence-electron chi connectivity index (χ3n) is 3.73. The summed E-state index contributed by atoms with van der Waals surface area (Å²) in [7, 11) is 0. The van der Waals surface area contributed by atoms with Crippen molar-refractivity contribution in [2.75, 3.05) is 0 Å². The van der Waals surface area contributed by atoms with E-state index in [2.05, 4.69) is 80.1 Å². The highest BCUT2D eigenvalue weighted by atomic mass is 79.9. The van der Waals surface area contributed by atoms with Crippen LogP contribution in [-0.4, -0.2) is 9.55 Å². The van der Waals surface area contributed by atoms with Gasteiger partial charge in [-0.25, -0.2) is 4.98 Å². The molecular formula is C19H13BrN2. The molecule has 0 saturated heterocycles. The van der Waals surface area contributed by atoms with Crippen LogP contribution in [0.2, 0.25) is 0 Å². The van der Waals surface area contributed by atoms with E-state index in [4.69, 9.17) is 0 Å². The van der Waals surface area contributed by atoms with Crippen molar-refractivity contribution in [3.63, 3.8) is 0 Å². The van der Waals surface area contributed by atoms with Gasteiger partial charge < -0.3 is 0 Å².